The molecule has 3 aromatic rings. The normalized spacial score (nSPS) is 12.6. The lowest BCUT2D eigenvalue weighted by Gasteiger charge is -2.22. The van der Waals surface area contributed by atoms with Gasteiger partial charge in [0.2, 0.25) is 0 Å². The van der Waals surface area contributed by atoms with Gasteiger partial charge in [0.1, 0.15) is 0 Å². The maximum Gasteiger partial charge on any atom is 0.187 e. The van der Waals surface area contributed by atoms with Crippen molar-refractivity contribution in [3.05, 3.63) is 106 Å². The zero-order valence-corrected chi connectivity index (χ0v) is 19.3. The van der Waals surface area contributed by atoms with Crippen LogP contribution in [-0.2, 0) is 19.5 Å². The molecule has 0 radical (unpaired) electrons. The number of benzene rings is 2. The summed E-state index contributed by atoms with van der Waals surface area (Å²) in [7, 11) is 0. The predicted molar refractivity (Wildman–Crippen MR) is 131 cm³/mol. The Morgan fingerprint density at radius 3 is 2.18 bits per heavy atom. The first-order valence-corrected chi connectivity index (χ1v) is 10.8. The molecule has 0 spiro atoms. The van der Waals surface area contributed by atoms with Crippen LogP contribution in [0.3, 0.4) is 0 Å². The molecule has 0 bridgehead atoms. The number of Topliss-reactive ketones (excluding diaryl/α,β-unsaturated/α-hetero) is 2. The van der Waals surface area contributed by atoms with Gasteiger partial charge >= 0.3 is 0 Å². The summed E-state index contributed by atoms with van der Waals surface area (Å²) in [6, 6.07) is 17.4. The molecule has 1 aromatic heterocycles. The minimum absolute atomic E-state index is 0. The van der Waals surface area contributed by atoms with Gasteiger partial charge in [0.15, 0.2) is 17.3 Å². The first-order chi connectivity index (χ1) is 15.5. The molecule has 0 unspecified atom stereocenters. The number of nitrogens with zero attached hydrogens (tertiary/aromatic N) is 3. The molecule has 4 rings (SSSR count). The summed E-state index contributed by atoms with van der Waals surface area (Å²) in [5, 5.41) is 0. The molecule has 168 valence electrons. The average molecular weight is 460 g/mol. The van der Waals surface area contributed by atoms with Crippen LogP contribution in [0.5, 0.6) is 0 Å². The van der Waals surface area contributed by atoms with Crippen LogP contribution in [0.25, 0.3) is 4.85 Å². The van der Waals surface area contributed by atoms with Crippen LogP contribution in [0, 0.1) is 6.57 Å². The third kappa shape index (κ3) is 6.58. The molecule has 6 heteroatoms. The van der Waals surface area contributed by atoms with Crippen molar-refractivity contribution in [2.45, 2.75) is 45.3 Å². The van der Waals surface area contributed by atoms with E-state index in [1.165, 1.54) is 18.4 Å². The van der Waals surface area contributed by atoms with Crippen LogP contribution in [0.4, 0.5) is 5.69 Å². The smallest absolute Gasteiger partial charge is 0.187 e. The van der Waals surface area contributed by atoms with Crippen LogP contribution < -0.4 is 0 Å². The highest BCUT2D eigenvalue weighted by Crippen LogP contribution is 2.30. The average Bonchev–Trinajstić information content (AvgIpc) is 3.65. The Bertz CT molecular complexity index is 1160. The maximum absolute atomic E-state index is 12.8. The van der Waals surface area contributed by atoms with Crippen LogP contribution >= 0.6 is 12.4 Å². The minimum atomic E-state index is 0. The summed E-state index contributed by atoms with van der Waals surface area (Å²) in [5.74, 6) is 0.0955. The van der Waals surface area contributed by atoms with E-state index in [4.69, 9.17) is 6.57 Å². The molecule has 0 atom stereocenters. The summed E-state index contributed by atoms with van der Waals surface area (Å²) in [5.41, 5.74) is 4.99. The second kappa shape index (κ2) is 11.0. The van der Waals surface area contributed by atoms with Crippen LogP contribution in [0.1, 0.15) is 57.2 Å². The fourth-order valence-electron chi connectivity index (χ4n) is 3.77. The first kappa shape index (κ1) is 24.3. The molecule has 0 aliphatic heterocycles. The van der Waals surface area contributed by atoms with E-state index in [0.717, 1.165) is 29.8 Å². The molecule has 1 aliphatic carbocycles. The summed E-state index contributed by atoms with van der Waals surface area (Å²) in [4.78, 5) is 34.4. The number of carbonyl (C=O) groups is 2. The van der Waals surface area contributed by atoms with Crippen molar-refractivity contribution in [2.24, 2.45) is 0 Å². The van der Waals surface area contributed by atoms with Gasteiger partial charge < -0.3 is 0 Å². The Labute approximate surface area is 200 Å². The van der Waals surface area contributed by atoms with E-state index >= 15 is 0 Å². The highest BCUT2D eigenvalue weighted by molar-refractivity contribution is 5.97. The highest BCUT2D eigenvalue weighted by atomic mass is 35.5. The molecule has 1 heterocycles. The Hall–Kier alpha value is -3.33. The zero-order valence-electron chi connectivity index (χ0n) is 18.5. The van der Waals surface area contributed by atoms with E-state index < -0.39 is 0 Å². The number of hydrogen-bond donors (Lipinski definition) is 0. The number of aromatic nitrogens is 1. The van der Waals surface area contributed by atoms with Gasteiger partial charge in [-0.1, -0.05) is 48.5 Å². The molecule has 5 nitrogen and oxygen atoms in total. The first-order valence-electron chi connectivity index (χ1n) is 10.8. The topological polar surface area (TPSA) is 54.6 Å². The van der Waals surface area contributed by atoms with Crippen LogP contribution in [0.2, 0.25) is 0 Å². The third-order valence-corrected chi connectivity index (χ3v) is 5.74. The molecular weight excluding hydrogens is 434 g/mol. The maximum atomic E-state index is 12.8. The van der Waals surface area contributed by atoms with Crippen LogP contribution in [0.15, 0.2) is 67.0 Å². The standard InChI is InChI=1S/C27H25N3O2.ClH/c1-19(31)23-7-3-21(4-8-23)17-30(26-11-12-26)18-22-13-24(16-29-15-22)27(32)14-20-5-9-25(28-2)10-6-20;/h3-10,13,15-16,26H,11-12,14,17-18H2,1H3;1H. The Kier molecular flexibility index (Phi) is 8.11. The van der Waals surface area contributed by atoms with Gasteiger partial charge in [-0.3, -0.25) is 19.5 Å². The Morgan fingerprint density at radius 2 is 1.58 bits per heavy atom. The second-order valence-electron chi connectivity index (χ2n) is 8.35. The van der Waals surface area contributed by atoms with Gasteiger partial charge in [-0.15, -0.1) is 12.4 Å². The van der Waals surface area contributed by atoms with Crippen molar-refractivity contribution < 1.29 is 9.59 Å². The summed E-state index contributed by atoms with van der Waals surface area (Å²) >= 11 is 0. The van der Waals surface area contributed by atoms with Gasteiger partial charge in [0, 0.05) is 49.1 Å². The van der Waals surface area contributed by atoms with E-state index in [1.54, 1.807) is 25.3 Å². The Morgan fingerprint density at radius 1 is 0.939 bits per heavy atom. The SMILES string of the molecule is Cl.[C-]#[N+]c1ccc(CC(=O)c2cncc(CN(Cc3ccc(C(C)=O)cc3)C3CC3)c2)cc1. The quantitative estimate of drug-likeness (QED) is 0.297. The monoisotopic (exact) mass is 459 g/mol. The van der Waals surface area contributed by atoms with Crippen molar-refractivity contribution in [3.8, 4) is 0 Å². The van der Waals surface area contributed by atoms with Crippen molar-refractivity contribution in [1.82, 2.24) is 9.88 Å². The number of pyridine rings is 1. The molecular formula is C27H26ClN3O2. The lowest BCUT2D eigenvalue weighted by molar-refractivity contribution is 0.0989. The van der Waals surface area contributed by atoms with E-state index in [1.807, 2.05) is 48.7 Å². The highest BCUT2D eigenvalue weighted by Gasteiger charge is 2.29. The number of carbonyl (C=O) groups excluding carboxylic acids is 2. The van der Waals surface area contributed by atoms with Crippen molar-refractivity contribution >= 4 is 29.7 Å². The third-order valence-electron chi connectivity index (χ3n) is 5.74. The van der Waals surface area contributed by atoms with Gasteiger partial charge in [0.25, 0.3) is 0 Å². The minimum Gasteiger partial charge on any atom is -0.295 e. The van der Waals surface area contributed by atoms with Crippen molar-refractivity contribution in [3.63, 3.8) is 0 Å². The van der Waals surface area contributed by atoms with Crippen molar-refractivity contribution in [1.29, 1.82) is 0 Å². The van der Waals surface area contributed by atoms with Crippen molar-refractivity contribution in [2.75, 3.05) is 0 Å². The summed E-state index contributed by atoms with van der Waals surface area (Å²) < 4.78 is 0. The summed E-state index contributed by atoms with van der Waals surface area (Å²) in [6.07, 6.45) is 6.10. The van der Waals surface area contributed by atoms with Crippen LogP contribution in [-0.4, -0.2) is 27.5 Å². The molecule has 1 aliphatic rings. The van der Waals surface area contributed by atoms with Gasteiger partial charge in [-0.2, -0.15) is 0 Å². The largest absolute Gasteiger partial charge is 0.295 e. The predicted octanol–water partition coefficient (Wildman–Crippen LogP) is 5.85. The van der Waals surface area contributed by atoms with E-state index in [-0.39, 0.29) is 30.4 Å². The molecule has 0 saturated heterocycles. The zero-order chi connectivity index (χ0) is 22.5. The fourth-order valence-corrected chi connectivity index (χ4v) is 3.77. The number of rotatable bonds is 9. The molecule has 1 saturated carbocycles. The van der Waals surface area contributed by atoms with E-state index in [2.05, 4.69) is 14.7 Å². The van der Waals surface area contributed by atoms with Gasteiger partial charge in [0.05, 0.1) is 6.57 Å². The van der Waals surface area contributed by atoms with Gasteiger partial charge in [-0.25, -0.2) is 4.85 Å². The Balaban J connectivity index is 0.00000306. The fraction of sp³-hybridized carbons (Fsp3) is 0.259. The molecule has 0 N–H and O–H groups in total. The second-order valence-corrected chi connectivity index (χ2v) is 8.35. The lowest BCUT2D eigenvalue weighted by Crippen LogP contribution is -2.25. The number of hydrogen-bond acceptors (Lipinski definition) is 4. The number of halogens is 1. The molecule has 1 fully saturated rings. The summed E-state index contributed by atoms with van der Waals surface area (Å²) in [6.45, 7) is 10.1. The molecule has 33 heavy (non-hydrogen) atoms. The number of ketones is 2. The molecule has 2 aromatic carbocycles. The van der Waals surface area contributed by atoms with Gasteiger partial charge in [-0.05, 0) is 42.5 Å². The lowest BCUT2D eigenvalue weighted by atomic mass is 10.0. The van der Waals surface area contributed by atoms with E-state index in [9.17, 15) is 9.59 Å². The van der Waals surface area contributed by atoms with E-state index in [0.29, 0.717) is 17.3 Å². The molecule has 0 amide bonds.